The number of likely N-dealkylation sites (N-methyl/N-ethyl adjacent to an activating group) is 1. The molecule has 0 bridgehead atoms. The molecule has 0 aliphatic carbocycles. The minimum absolute atomic E-state index is 0. The van der Waals surface area contributed by atoms with Crippen molar-refractivity contribution in [3.63, 3.8) is 0 Å². The molecule has 6 nitrogen and oxygen atoms in total. The average Bonchev–Trinajstić information content (AvgIpc) is 3.01. The van der Waals surface area contributed by atoms with Crippen LogP contribution in [-0.2, 0) is 0 Å². The Labute approximate surface area is 178 Å². The summed E-state index contributed by atoms with van der Waals surface area (Å²) >= 11 is 6.26. The lowest BCUT2D eigenvalue weighted by atomic mass is 9.89. The lowest BCUT2D eigenvalue weighted by Crippen LogP contribution is -2.32. The lowest BCUT2D eigenvalue weighted by molar-refractivity contribution is 0.172. The number of aromatic hydroxyl groups is 2. The van der Waals surface area contributed by atoms with Gasteiger partial charge >= 0.3 is 0 Å². The predicted octanol–water partition coefficient (Wildman–Crippen LogP) is 3.73. The Hall–Kier alpha value is -2.25. The second-order valence-electron chi connectivity index (χ2n) is 7.11. The van der Waals surface area contributed by atoms with Crippen LogP contribution in [0.15, 0.2) is 45.6 Å². The van der Waals surface area contributed by atoms with Gasteiger partial charge in [-0.1, -0.05) is 23.7 Å². The van der Waals surface area contributed by atoms with Crippen LogP contribution >= 0.6 is 24.0 Å². The molecule has 1 saturated heterocycles. The summed E-state index contributed by atoms with van der Waals surface area (Å²) in [4.78, 5) is 14.8. The Morgan fingerprint density at radius 3 is 2.62 bits per heavy atom. The molecule has 0 unspecified atom stereocenters. The maximum absolute atomic E-state index is 12.8. The Morgan fingerprint density at radius 1 is 1.21 bits per heavy atom. The van der Waals surface area contributed by atoms with Crippen LogP contribution in [0.2, 0.25) is 5.02 Å². The SMILES string of the molecule is CN1CC[C@@H](c2c(O)cc(O)c3c(=O)cc(-c4ccccc4Cl)oc23)[C@H]1CO.Cl. The molecule has 4 rings (SSSR count). The molecule has 2 atom stereocenters. The minimum Gasteiger partial charge on any atom is -0.507 e. The molecule has 8 heteroatoms. The van der Waals surface area contributed by atoms with Crippen molar-refractivity contribution in [1.29, 1.82) is 0 Å². The van der Waals surface area contributed by atoms with Gasteiger partial charge in [0.25, 0.3) is 0 Å². The third-order valence-corrected chi connectivity index (χ3v) is 5.85. The summed E-state index contributed by atoms with van der Waals surface area (Å²) < 4.78 is 6.04. The van der Waals surface area contributed by atoms with Crippen molar-refractivity contribution in [2.45, 2.75) is 18.4 Å². The Balaban J connectivity index is 0.00000240. The second kappa shape index (κ2) is 8.24. The highest BCUT2D eigenvalue weighted by molar-refractivity contribution is 6.33. The third kappa shape index (κ3) is 3.57. The van der Waals surface area contributed by atoms with Crippen molar-refractivity contribution in [2.75, 3.05) is 20.2 Å². The van der Waals surface area contributed by atoms with Gasteiger partial charge in [-0.2, -0.15) is 0 Å². The fourth-order valence-electron chi connectivity index (χ4n) is 4.09. The molecular weight excluding hydrogens is 417 g/mol. The molecule has 2 heterocycles. The van der Waals surface area contributed by atoms with E-state index in [-0.39, 0.29) is 59.2 Å². The van der Waals surface area contributed by atoms with Crippen molar-refractivity contribution >= 4 is 35.0 Å². The first-order valence-corrected chi connectivity index (χ1v) is 9.38. The van der Waals surface area contributed by atoms with Crippen molar-refractivity contribution in [3.8, 4) is 22.8 Å². The molecule has 154 valence electrons. The topological polar surface area (TPSA) is 94.1 Å². The number of aliphatic hydroxyl groups is 1. The smallest absolute Gasteiger partial charge is 0.197 e. The number of hydrogen-bond donors (Lipinski definition) is 3. The number of fused-ring (bicyclic) bond motifs is 1. The monoisotopic (exact) mass is 437 g/mol. The van der Waals surface area contributed by atoms with E-state index < -0.39 is 5.43 Å². The van der Waals surface area contributed by atoms with Crippen molar-refractivity contribution in [1.82, 2.24) is 4.90 Å². The number of aliphatic hydroxyl groups excluding tert-OH is 1. The highest BCUT2D eigenvalue weighted by atomic mass is 35.5. The first-order chi connectivity index (χ1) is 13.4. The Bertz CT molecular complexity index is 1110. The first kappa shape index (κ1) is 21.5. The molecular formula is C21H21Cl2NO5. The van der Waals surface area contributed by atoms with Gasteiger partial charge in [-0.25, -0.2) is 0 Å². The van der Waals surface area contributed by atoms with Gasteiger partial charge in [0.05, 0.1) is 11.6 Å². The average molecular weight is 438 g/mol. The van der Waals surface area contributed by atoms with E-state index in [4.69, 9.17) is 16.0 Å². The van der Waals surface area contributed by atoms with Crippen molar-refractivity contribution in [2.24, 2.45) is 0 Å². The van der Waals surface area contributed by atoms with E-state index in [1.165, 1.54) is 6.07 Å². The zero-order valence-corrected chi connectivity index (χ0v) is 17.2. The largest absolute Gasteiger partial charge is 0.507 e. The number of benzene rings is 2. The first-order valence-electron chi connectivity index (χ1n) is 9.01. The Kier molecular flexibility index (Phi) is 6.10. The number of hydrogen-bond acceptors (Lipinski definition) is 6. The van der Waals surface area contributed by atoms with Gasteiger partial charge in [-0.05, 0) is 32.1 Å². The van der Waals surface area contributed by atoms with Crippen LogP contribution in [-0.4, -0.2) is 46.5 Å². The molecule has 1 aliphatic heterocycles. The molecule has 0 saturated carbocycles. The van der Waals surface area contributed by atoms with Gasteiger partial charge in [0.15, 0.2) is 5.43 Å². The molecule has 0 spiro atoms. The third-order valence-electron chi connectivity index (χ3n) is 5.52. The standard InChI is InChI=1S/C21H20ClNO5.ClH/c1-23-7-6-12(14(23)10-24)19-15(25)8-16(26)20-17(27)9-18(28-21(19)20)11-4-2-3-5-13(11)22;/h2-5,8-9,12,14,24-26H,6-7,10H2,1H3;1H/t12-,14-;/m1./s1. The summed E-state index contributed by atoms with van der Waals surface area (Å²) in [5.74, 6) is -0.505. The van der Waals surface area contributed by atoms with Crippen LogP contribution in [0.3, 0.4) is 0 Å². The van der Waals surface area contributed by atoms with Gasteiger partial charge < -0.3 is 24.6 Å². The molecule has 0 radical (unpaired) electrons. The molecule has 1 aromatic heterocycles. The predicted molar refractivity (Wildman–Crippen MR) is 114 cm³/mol. The van der Waals surface area contributed by atoms with Crippen LogP contribution in [0, 0.1) is 0 Å². The highest BCUT2D eigenvalue weighted by Crippen LogP contribution is 2.44. The summed E-state index contributed by atoms with van der Waals surface area (Å²) in [6, 6.07) is 9.19. The number of phenols is 2. The van der Waals surface area contributed by atoms with Crippen LogP contribution in [0.25, 0.3) is 22.3 Å². The zero-order valence-electron chi connectivity index (χ0n) is 15.6. The Morgan fingerprint density at radius 2 is 1.93 bits per heavy atom. The van der Waals surface area contributed by atoms with Crippen LogP contribution in [0.5, 0.6) is 11.5 Å². The van der Waals surface area contributed by atoms with E-state index in [9.17, 15) is 20.1 Å². The number of phenolic OH excluding ortho intramolecular Hbond substituents is 2. The van der Waals surface area contributed by atoms with Crippen molar-refractivity contribution < 1.29 is 19.7 Å². The van der Waals surface area contributed by atoms with Gasteiger partial charge in [0, 0.05) is 35.2 Å². The molecule has 0 amide bonds. The second-order valence-corrected chi connectivity index (χ2v) is 7.52. The summed E-state index contributed by atoms with van der Waals surface area (Å²) in [6.45, 7) is 0.629. The van der Waals surface area contributed by atoms with Gasteiger partial charge in [-0.3, -0.25) is 4.79 Å². The van der Waals surface area contributed by atoms with Gasteiger partial charge in [-0.15, -0.1) is 12.4 Å². The van der Waals surface area contributed by atoms with Crippen LogP contribution < -0.4 is 5.43 Å². The fraction of sp³-hybridized carbons (Fsp3) is 0.286. The van der Waals surface area contributed by atoms with E-state index in [1.807, 2.05) is 11.9 Å². The lowest BCUT2D eigenvalue weighted by Gasteiger charge is -2.24. The number of halogens is 2. The molecule has 3 aromatic rings. The number of rotatable bonds is 3. The zero-order chi connectivity index (χ0) is 20.0. The summed E-state index contributed by atoms with van der Waals surface area (Å²) in [6.07, 6.45) is 0.676. The normalized spacial score (nSPS) is 19.4. The van der Waals surface area contributed by atoms with E-state index in [2.05, 4.69) is 0 Å². The number of likely N-dealkylation sites (tertiary alicyclic amines) is 1. The highest BCUT2D eigenvalue weighted by Gasteiger charge is 2.36. The van der Waals surface area contributed by atoms with Gasteiger partial charge in [0.1, 0.15) is 28.2 Å². The van der Waals surface area contributed by atoms with E-state index >= 15 is 0 Å². The van der Waals surface area contributed by atoms with E-state index in [0.29, 0.717) is 22.6 Å². The molecule has 29 heavy (non-hydrogen) atoms. The molecule has 1 fully saturated rings. The maximum Gasteiger partial charge on any atom is 0.197 e. The fourth-order valence-corrected chi connectivity index (χ4v) is 4.31. The maximum atomic E-state index is 12.8. The van der Waals surface area contributed by atoms with Crippen LogP contribution in [0.4, 0.5) is 0 Å². The summed E-state index contributed by atoms with van der Waals surface area (Å²) in [5.41, 5.74) is 0.655. The van der Waals surface area contributed by atoms with Crippen LogP contribution in [0.1, 0.15) is 17.9 Å². The summed E-state index contributed by atoms with van der Waals surface area (Å²) in [7, 11) is 1.89. The minimum atomic E-state index is -0.429. The molecule has 2 aromatic carbocycles. The quantitative estimate of drug-likeness (QED) is 0.577. The molecule has 1 aliphatic rings. The summed E-state index contributed by atoms with van der Waals surface area (Å²) in [5, 5.41) is 31.2. The van der Waals surface area contributed by atoms with Crippen molar-refractivity contribution in [3.05, 3.63) is 57.2 Å². The number of nitrogens with zero attached hydrogens (tertiary/aromatic N) is 1. The van der Waals surface area contributed by atoms with E-state index in [0.717, 1.165) is 12.6 Å². The molecule has 3 N–H and O–H groups in total. The van der Waals surface area contributed by atoms with E-state index in [1.54, 1.807) is 24.3 Å². The van der Waals surface area contributed by atoms with Gasteiger partial charge in [0.2, 0.25) is 0 Å².